The van der Waals surface area contributed by atoms with Crippen molar-refractivity contribution < 1.29 is 24.9 Å². The van der Waals surface area contributed by atoms with Crippen LogP contribution in [0.4, 0.5) is 0 Å². The summed E-state index contributed by atoms with van der Waals surface area (Å²) in [4.78, 5) is 18.4. The molecule has 0 spiro atoms. The Morgan fingerprint density at radius 2 is 1.90 bits per heavy atom. The SMILES string of the molecule is O=C(c1cncc(O)c1)N1CCCCCc2ccccc2OC[C@@H](O)[C@@H](O)CC1. The Morgan fingerprint density at radius 1 is 1.07 bits per heavy atom. The summed E-state index contributed by atoms with van der Waals surface area (Å²) in [6.07, 6.45) is 4.43. The van der Waals surface area contributed by atoms with E-state index in [-0.39, 0.29) is 24.7 Å². The quantitative estimate of drug-likeness (QED) is 0.678. The molecule has 0 saturated heterocycles. The average Bonchev–Trinajstić information content (AvgIpc) is 2.73. The van der Waals surface area contributed by atoms with Crippen LogP contribution in [-0.4, -0.2) is 63.0 Å². The smallest absolute Gasteiger partial charge is 0.255 e. The lowest BCUT2D eigenvalue weighted by Gasteiger charge is -2.26. The van der Waals surface area contributed by atoms with Crippen LogP contribution in [-0.2, 0) is 6.42 Å². The molecular weight excluding hydrogens is 372 g/mol. The van der Waals surface area contributed by atoms with Crippen LogP contribution in [0, 0.1) is 0 Å². The number of hydrogen-bond donors (Lipinski definition) is 3. The van der Waals surface area contributed by atoms with Gasteiger partial charge < -0.3 is 25.0 Å². The standard InChI is InChI=1S/C22H28N2O5/c25-18-12-17(13-23-14-18)22(28)24-10-5-1-2-6-16-7-3-4-8-21(16)29-15-20(27)19(26)9-11-24/h3-4,7-8,12-14,19-20,25-27H,1-2,5-6,9-11,15H2/t19-,20+/m0/s1. The number of pyridine rings is 1. The van der Waals surface area contributed by atoms with Crippen molar-refractivity contribution in [1.29, 1.82) is 0 Å². The van der Waals surface area contributed by atoms with E-state index in [1.807, 2.05) is 24.3 Å². The minimum absolute atomic E-state index is 0.0113. The lowest BCUT2D eigenvalue weighted by atomic mass is 10.0. The van der Waals surface area contributed by atoms with Gasteiger partial charge in [0.15, 0.2) is 0 Å². The summed E-state index contributed by atoms with van der Waals surface area (Å²) >= 11 is 0. The van der Waals surface area contributed by atoms with Crippen molar-refractivity contribution in [2.75, 3.05) is 19.7 Å². The number of carbonyl (C=O) groups is 1. The van der Waals surface area contributed by atoms with Crippen LogP contribution in [0.1, 0.15) is 41.6 Å². The fraction of sp³-hybridized carbons (Fsp3) is 0.455. The van der Waals surface area contributed by atoms with Crippen LogP contribution in [0.15, 0.2) is 42.7 Å². The molecule has 1 amide bonds. The molecular formula is C22H28N2O5. The van der Waals surface area contributed by atoms with Gasteiger partial charge in [-0.2, -0.15) is 0 Å². The van der Waals surface area contributed by atoms with Gasteiger partial charge in [-0.1, -0.05) is 24.6 Å². The molecule has 7 heteroatoms. The fourth-order valence-corrected chi connectivity index (χ4v) is 3.46. The molecule has 29 heavy (non-hydrogen) atoms. The molecule has 2 heterocycles. The molecule has 0 saturated carbocycles. The number of aliphatic hydroxyl groups excluding tert-OH is 2. The molecule has 1 aliphatic rings. The Bertz CT molecular complexity index is 813. The highest BCUT2D eigenvalue weighted by atomic mass is 16.5. The van der Waals surface area contributed by atoms with Crippen LogP contribution >= 0.6 is 0 Å². The maximum Gasteiger partial charge on any atom is 0.255 e. The van der Waals surface area contributed by atoms with Gasteiger partial charge in [-0.05, 0) is 43.4 Å². The van der Waals surface area contributed by atoms with Crippen LogP contribution < -0.4 is 4.74 Å². The molecule has 3 N–H and O–H groups in total. The first-order valence-electron chi connectivity index (χ1n) is 10.0. The monoisotopic (exact) mass is 400 g/mol. The number of para-hydroxylation sites is 1. The van der Waals surface area contributed by atoms with Crippen molar-refractivity contribution in [3.8, 4) is 11.5 Å². The summed E-state index contributed by atoms with van der Waals surface area (Å²) in [7, 11) is 0. The molecule has 1 aliphatic heterocycles. The van der Waals surface area contributed by atoms with Crippen LogP contribution in [0.25, 0.3) is 0 Å². The van der Waals surface area contributed by atoms with E-state index in [4.69, 9.17) is 4.74 Å². The first kappa shape index (κ1) is 21.1. The molecule has 3 rings (SSSR count). The zero-order valence-corrected chi connectivity index (χ0v) is 16.4. The largest absolute Gasteiger partial charge is 0.506 e. The fourth-order valence-electron chi connectivity index (χ4n) is 3.46. The number of ether oxygens (including phenoxy) is 1. The molecule has 0 radical (unpaired) electrons. The van der Waals surface area contributed by atoms with Gasteiger partial charge in [0.1, 0.15) is 24.2 Å². The number of carbonyl (C=O) groups excluding carboxylic acids is 1. The lowest BCUT2D eigenvalue weighted by molar-refractivity contribution is -0.0153. The number of benzene rings is 1. The number of aryl methyl sites for hydroxylation is 1. The molecule has 0 unspecified atom stereocenters. The first-order valence-corrected chi connectivity index (χ1v) is 10.0. The molecule has 0 aliphatic carbocycles. The Labute approximate surface area is 170 Å². The maximum absolute atomic E-state index is 12.8. The number of amides is 1. The van der Waals surface area contributed by atoms with E-state index in [2.05, 4.69) is 4.98 Å². The minimum Gasteiger partial charge on any atom is -0.506 e. The highest BCUT2D eigenvalue weighted by molar-refractivity contribution is 5.94. The Hall–Kier alpha value is -2.64. The summed E-state index contributed by atoms with van der Waals surface area (Å²) in [6.45, 7) is 0.821. The van der Waals surface area contributed by atoms with Gasteiger partial charge in [-0.15, -0.1) is 0 Å². The van der Waals surface area contributed by atoms with E-state index in [1.54, 1.807) is 4.90 Å². The van der Waals surface area contributed by atoms with Crippen molar-refractivity contribution in [3.63, 3.8) is 0 Å². The van der Waals surface area contributed by atoms with E-state index in [0.717, 1.165) is 37.0 Å². The van der Waals surface area contributed by atoms with E-state index in [0.29, 0.717) is 18.7 Å². The number of aliphatic hydroxyl groups is 2. The van der Waals surface area contributed by atoms with Crippen LogP contribution in [0.2, 0.25) is 0 Å². The molecule has 2 aromatic rings. The number of nitrogens with zero attached hydrogens (tertiary/aromatic N) is 2. The second-order valence-electron chi connectivity index (χ2n) is 7.38. The second kappa shape index (κ2) is 10.2. The van der Waals surface area contributed by atoms with Gasteiger partial charge in [0.25, 0.3) is 5.91 Å². The van der Waals surface area contributed by atoms with E-state index in [1.165, 1.54) is 18.5 Å². The van der Waals surface area contributed by atoms with E-state index >= 15 is 0 Å². The van der Waals surface area contributed by atoms with Crippen molar-refractivity contribution >= 4 is 5.91 Å². The highest BCUT2D eigenvalue weighted by Gasteiger charge is 2.22. The van der Waals surface area contributed by atoms with Gasteiger partial charge in [-0.25, -0.2) is 0 Å². The van der Waals surface area contributed by atoms with Gasteiger partial charge in [-0.3, -0.25) is 9.78 Å². The van der Waals surface area contributed by atoms with Crippen molar-refractivity contribution in [1.82, 2.24) is 9.88 Å². The topological polar surface area (TPSA) is 103 Å². The third-order valence-corrected chi connectivity index (χ3v) is 5.15. The van der Waals surface area contributed by atoms with Crippen molar-refractivity contribution in [2.45, 2.75) is 44.3 Å². The third-order valence-electron chi connectivity index (χ3n) is 5.15. The summed E-state index contributed by atoms with van der Waals surface area (Å²) in [5.74, 6) is 0.428. The minimum atomic E-state index is -1.05. The maximum atomic E-state index is 12.8. The Kier molecular flexibility index (Phi) is 7.43. The summed E-state index contributed by atoms with van der Waals surface area (Å²) < 4.78 is 5.75. The molecule has 156 valence electrons. The zero-order chi connectivity index (χ0) is 20.6. The number of rotatable bonds is 1. The average molecular weight is 400 g/mol. The molecule has 7 nitrogen and oxygen atoms in total. The van der Waals surface area contributed by atoms with E-state index in [9.17, 15) is 20.1 Å². The Balaban J connectivity index is 1.71. The predicted octanol–water partition coefficient (Wildman–Crippen LogP) is 2.15. The lowest BCUT2D eigenvalue weighted by Crippen LogP contribution is -2.38. The van der Waals surface area contributed by atoms with Gasteiger partial charge >= 0.3 is 0 Å². The first-order chi connectivity index (χ1) is 14.0. The predicted molar refractivity (Wildman–Crippen MR) is 108 cm³/mol. The molecule has 1 aromatic heterocycles. The highest BCUT2D eigenvalue weighted by Crippen LogP contribution is 2.22. The number of aromatic nitrogens is 1. The Morgan fingerprint density at radius 3 is 2.72 bits per heavy atom. The number of aromatic hydroxyl groups is 1. The molecule has 0 bridgehead atoms. The van der Waals surface area contributed by atoms with Gasteiger partial charge in [0.05, 0.1) is 17.9 Å². The summed E-state index contributed by atoms with van der Waals surface area (Å²) in [5, 5.41) is 30.2. The van der Waals surface area contributed by atoms with E-state index < -0.39 is 12.2 Å². The normalized spacial score (nSPS) is 21.5. The molecule has 2 atom stereocenters. The molecule has 0 fully saturated rings. The van der Waals surface area contributed by atoms with Crippen LogP contribution in [0.5, 0.6) is 11.5 Å². The summed E-state index contributed by atoms with van der Waals surface area (Å²) in [6, 6.07) is 9.13. The number of hydrogen-bond acceptors (Lipinski definition) is 6. The molecule has 1 aromatic carbocycles. The van der Waals surface area contributed by atoms with Gasteiger partial charge in [0.2, 0.25) is 0 Å². The zero-order valence-electron chi connectivity index (χ0n) is 16.4. The second-order valence-corrected chi connectivity index (χ2v) is 7.38. The third kappa shape index (κ3) is 5.92. The summed E-state index contributed by atoms with van der Waals surface area (Å²) in [5.41, 5.74) is 1.38. The number of fused-ring (bicyclic) bond motifs is 1. The van der Waals surface area contributed by atoms with Crippen molar-refractivity contribution in [3.05, 3.63) is 53.9 Å². The van der Waals surface area contributed by atoms with Gasteiger partial charge in [0, 0.05) is 19.3 Å². The van der Waals surface area contributed by atoms with Crippen molar-refractivity contribution in [2.24, 2.45) is 0 Å². The van der Waals surface area contributed by atoms with Crippen LogP contribution in [0.3, 0.4) is 0 Å².